The van der Waals surface area contributed by atoms with E-state index in [1.807, 2.05) is 4.90 Å². The molecule has 17 heavy (non-hydrogen) atoms. The maximum atomic E-state index is 12.2. The smallest absolute Gasteiger partial charge is 0.194 e. The Morgan fingerprint density at radius 2 is 1.88 bits per heavy atom. The number of likely N-dealkylation sites (tertiary alicyclic amines) is 1. The molecule has 0 radical (unpaired) electrons. The van der Waals surface area contributed by atoms with E-state index in [2.05, 4.69) is 6.07 Å². The zero-order valence-electron chi connectivity index (χ0n) is 9.40. The highest BCUT2D eigenvalue weighted by atomic mass is 35.5. The zero-order chi connectivity index (χ0) is 12.3. The van der Waals surface area contributed by atoms with Crippen molar-refractivity contribution in [3.63, 3.8) is 0 Å². The summed E-state index contributed by atoms with van der Waals surface area (Å²) in [6.07, 6.45) is 2.12. The van der Waals surface area contributed by atoms with Crippen LogP contribution in [0, 0.1) is 11.3 Å². The van der Waals surface area contributed by atoms with Crippen LogP contribution >= 0.6 is 11.6 Å². The molecular formula is C13H13ClN2O. The Morgan fingerprint density at radius 1 is 1.29 bits per heavy atom. The molecule has 88 valence electrons. The van der Waals surface area contributed by atoms with Gasteiger partial charge in [-0.15, -0.1) is 0 Å². The first kappa shape index (κ1) is 12.1. The number of carbonyl (C=O) groups excluding carboxylic acids is 1. The van der Waals surface area contributed by atoms with Crippen molar-refractivity contribution >= 4 is 17.4 Å². The van der Waals surface area contributed by atoms with E-state index < -0.39 is 6.04 Å². The minimum Gasteiger partial charge on any atom is -0.291 e. The van der Waals surface area contributed by atoms with Gasteiger partial charge in [0.05, 0.1) is 6.07 Å². The maximum Gasteiger partial charge on any atom is 0.194 e. The number of halogens is 1. The van der Waals surface area contributed by atoms with Gasteiger partial charge in [-0.05, 0) is 50.2 Å². The summed E-state index contributed by atoms with van der Waals surface area (Å²) < 4.78 is 0. The Morgan fingerprint density at radius 3 is 2.41 bits per heavy atom. The second kappa shape index (κ2) is 5.31. The van der Waals surface area contributed by atoms with Crippen molar-refractivity contribution in [3.8, 4) is 6.07 Å². The van der Waals surface area contributed by atoms with Gasteiger partial charge in [0.15, 0.2) is 11.8 Å². The second-order valence-corrected chi connectivity index (χ2v) is 4.58. The molecule has 1 aliphatic rings. The van der Waals surface area contributed by atoms with Crippen LogP contribution in [0.15, 0.2) is 24.3 Å². The lowest BCUT2D eigenvalue weighted by molar-refractivity contribution is 0.0898. The average molecular weight is 249 g/mol. The molecule has 1 saturated heterocycles. The Balaban J connectivity index is 2.17. The number of carbonyl (C=O) groups is 1. The molecule has 1 aromatic carbocycles. The molecule has 0 saturated carbocycles. The fraction of sp³-hybridized carbons (Fsp3) is 0.385. The summed E-state index contributed by atoms with van der Waals surface area (Å²) >= 11 is 5.77. The number of rotatable bonds is 3. The van der Waals surface area contributed by atoms with Crippen LogP contribution in [-0.2, 0) is 0 Å². The van der Waals surface area contributed by atoms with E-state index in [9.17, 15) is 4.79 Å². The number of ketones is 1. The number of hydrogen-bond acceptors (Lipinski definition) is 3. The van der Waals surface area contributed by atoms with Gasteiger partial charge in [0.2, 0.25) is 0 Å². The first-order valence-corrected chi connectivity index (χ1v) is 6.03. The zero-order valence-corrected chi connectivity index (χ0v) is 10.2. The molecule has 1 fully saturated rings. The summed E-state index contributed by atoms with van der Waals surface area (Å²) in [5.74, 6) is -0.133. The Bertz CT molecular complexity index is 443. The van der Waals surface area contributed by atoms with Crippen LogP contribution in [0.5, 0.6) is 0 Å². The van der Waals surface area contributed by atoms with Gasteiger partial charge in [-0.1, -0.05) is 11.6 Å². The van der Waals surface area contributed by atoms with Gasteiger partial charge >= 0.3 is 0 Å². The summed E-state index contributed by atoms with van der Waals surface area (Å²) in [5, 5.41) is 9.73. The Hall–Kier alpha value is -1.37. The molecule has 1 aromatic rings. The van der Waals surface area contributed by atoms with Crippen molar-refractivity contribution in [1.29, 1.82) is 5.26 Å². The number of hydrogen-bond donors (Lipinski definition) is 0. The van der Waals surface area contributed by atoms with Crippen LogP contribution in [0.25, 0.3) is 0 Å². The second-order valence-electron chi connectivity index (χ2n) is 4.15. The van der Waals surface area contributed by atoms with Gasteiger partial charge in [0.1, 0.15) is 0 Å². The average Bonchev–Trinajstić information content (AvgIpc) is 2.84. The molecule has 0 amide bonds. The quantitative estimate of drug-likeness (QED) is 0.772. The number of benzene rings is 1. The normalized spacial score (nSPS) is 17.6. The lowest BCUT2D eigenvalue weighted by atomic mass is 10.0. The highest BCUT2D eigenvalue weighted by molar-refractivity contribution is 6.30. The predicted molar refractivity (Wildman–Crippen MR) is 66.0 cm³/mol. The van der Waals surface area contributed by atoms with Crippen molar-refractivity contribution in [2.24, 2.45) is 0 Å². The van der Waals surface area contributed by atoms with Crippen molar-refractivity contribution in [3.05, 3.63) is 34.9 Å². The lowest BCUT2D eigenvalue weighted by Crippen LogP contribution is -2.38. The lowest BCUT2D eigenvalue weighted by Gasteiger charge is -2.19. The largest absolute Gasteiger partial charge is 0.291 e. The van der Waals surface area contributed by atoms with Crippen LogP contribution in [-0.4, -0.2) is 29.8 Å². The molecule has 1 atom stereocenters. The van der Waals surface area contributed by atoms with Crippen LogP contribution in [0.2, 0.25) is 5.02 Å². The first-order chi connectivity index (χ1) is 8.22. The third kappa shape index (κ3) is 2.66. The van der Waals surface area contributed by atoms with Crippen LogP contribution in [0.1, 0.15) is 23.2 Å². The van der Waals surface area contributed by atoms with Gasteiger partial charge in [0.25, 0.3) is 0 Å². The molecule has 3 nitrogen and oxygen atoms in total. The molecule has 4 heteroatoms. The van der Waals surface area contributed by atoms with E-state index in [4.69, 9.17) is 16.9 Å². The maximum absolute atomic E-state index is 12.2. The molecule has 2 rings (SSSR count). The summed E-state index contributed by atoms with van der Waals surface area (Å²) in [4.78, 5) is 14.1. The van der Waals surface area contributed by atoms with E-state index >= 15 is 0 Å². The molecule has 0 bridgehead atoms. The Labute approximate surface area is 106 Å². The molecule has 1 aliphatic heterocycles. The summed E-state index contributed by atoms with van der Waals surface area (Å²) in [6, 6.07) is 8.14. The first-order valence-electron chi connectivity index (χ1n) is 5.66. The number of Topliss-reactive ketones (excluding diaryl/α,β-unsaturated/α-hetero) is 1. The topological polar surface area (TPSA) is 44.1 Å². The molecule has 0 aromatic heterocycles. The molecule has 0 aliphatic carbocycles. The number of nitriles is 1. The fourth-order valence-electron chi connectivity index (χ4n) is 2.08. The van der Waals surface area contributed by atoms with Gasteiger partial charge < -0.3 is 0 Å². The van der Waals surface area contributed by atoms with Crippen LogP contribution in [0.4, 0.5) is 0 Å². The van der Waals surface area contributed by atoms with Gasteiger partial charge in [0, 0.05) is 10.6 Å². The van der Waals surface area contributed by atoms with Gasteiger partial charge in [-0.2, -0.15) is 5.26 Å². The predicted octanol–water partition coefficient (Wildman–Crippen LogP) is 2.51. The van der Waals surface area contributed by atoms with E-state index in [1.54, 1.807) is 24.3 Å². The highest BCUT2D eigenvalue weighted by Crippen LogP contribution is 2.17. The number of nitrogens with zero attached hydrogens (tertiary/aromatic N) is 2. The van der Waals surface area contributed by atoms with Crippen molar-refractivity contribution in [1.82, 2.24) is 4.90 Å². The standard InChI is InChI=1S/C13H13ClN2O/c14-11-5-3-10(4-6-11)13(17)12(9-15)16-7-1-2-8-16/h3-6,12H,1-2,7-8H2. The third-order valence-corrected chi connectivity index (χ3v) is 3.26. The van der Waals surface area contributed by atoms with E-state index in [0.29, 0.717) is 10.6 Å². The van der Waals surface area contributed by atoms with Gasteiger partial charge in [-0.3, -0.25) is 9.69 Å². The fourth-order valence-corrected chi connectivity index (χ4v) is 2.20. The Kier molecular flexibility index (Phi) is 3.78. The highest BCUT2D eigenvalue weighted by Gasteiger charge is 2.28. The van der Waals surface area contributed by atoms with Crippen molar-refractivity contribution < 1.29 is 4.79 Å². The van der Waals surface area contributed by atoms with Crippen molar-refractivity contribution in [2.75, 3.05) is 13.1 Å². The van der Waals surface area contributed by atoms with Crippen LogP contribution < -0.4 is 0 Å². The van der Waals surface area contributed by atoms with E-state index in [-0.39, 0.29) is 5.78 Å². The SMILES string of the molecule is N#CC(C(=O)c1ccc(Cl)cc1)N1CCCC1. The summed E-state index contributed by atoms with van der Waals surface area (Å²) in [7, 11) is 0. The minimum absolute atomic E-state index is 0.133. The molecule has 0 N–H and O–H groups in total. The molecule has 1 unspecified atom stereocenters. The molecule has 0 spiro atoms. The van der Waals surface area contributed by atoms with E-state index in [1.165, 1.54) is 0 Å². The van der Waals surface area contributed by atoms with Gasteiger partial charge in [-0.25, -0.2) is 0 Å². The summed E-state index contributed by atoms with van der Waals surface area (Å²) in [5.41, 5.74) is 0.549. The molecular weight excluding hydrogens is 236 g/mol. The minimum atomic E-state index is -0.654. The van der Waals surface area contributed by atoms with Crippen molar-refractivity contribution in [2.45, 2.75) is 18.9 Å². The van der Waals surface area contributed by atoms with E-state index in [0.717, 1.165) is 25.9 Å². The van der Waals surface area contributed by atoms with Crippen LogP contribution in [0.3, 0.4) is 0 Å². The monoisotopic (exact) mass is 248 g/mol. The molecule has 1 heterocycles. The third-order valence-electron chi connectivity index (χ3n) is 3.01. The summed E-state index contributed by atoms with van der Waals surface area (Å²) in [6.45, 7) is 1.66.